The predicted molar refractivity (Wildman–Crippen MR) is 113 cm³/mol. The van der Waals surface area contributed by atoms with Crippen molar-refractivity contribution < 1.29 is 24.5 Å². The van der Waals surface area contributed by atoms with Crippen LogP contribution in [0, 0.1) is 0 Å². The van der Waals surface area contributed by atoms with Crippen molar-refractivity contribution in [3.63, 3.8) is 0 Å². The molecule has 3 rings (SSSR count). The summed E-state index contributed by atoms with van der Waals surface area (Å²) in [4.78, 5) is 13.1. The molecule has 3 aromatic rings. The van der Waals surface area contributed by atoms with E-state index in [2.05, 4.69) is 6.58 Å². The lowest BCUT2D eigenvalue weighted by molar-refractivity contribution is 0.335. The summed E-state index contributed by atoms with van der Waals surface area (Å²) in [6.07, 6.45) is 3.41. The normalized spacial score (nSPS) is 11.6. The van der Waals surface area contributed by atoms with E-state index in [1.807, 2.05) is 19.9 Å². The first-order valence-corrected chi connectivity index (χ1v) is 9.16. The number of phenolic OH excluding ortho intramolecular Hbond substituents is 3. The fourth-order valence-electron chi connectivity index (χ4n) is 3.16. The Balaban J connectivity index is 2.29. The Morgan fingerprint density at radius 1 is 1.21 bits per heavy atom. The van der Waals surface area contributed by atoms with Gasteiger partial charge >= 0.3 is 0 Å². The van der Waals surface area contributed by atoms with Crippen LogP contribution in [0.5, 0.6) is 23.0 Å². The Labute approximate surface area is 168 Å². The summed E-state index contributed by atoms with van der Waals surface area (Å²) in [5.41, 5.74) is -0.186. The molecule has 0 atom stereocenters. The molecule has 152 valence electrons. The van der Waals surface area contributed by atoms with Gasteiger partial charge in [-0.25, -0.2) is 0 Å². The smallest absolute Gasteiger partial charge is 0.204 e. The van der Waals surface area contributed by atoms with E-state index in [1.165, 1.54) is 18.2 Å². The minimum absolute atomic E-state index is 0.0436. The van der Waals surface area contributed by atoms with Crippen molar-refractivity contribution >= 4 is 21.9 Å². The van der Waals surface area contributed by atoms with Gasteiger partial charge in [-0.05, 0) is 32.1 Å². The number of aromatic hydroxyl groups is 3. The summed E-state index contributed by atoms with van der Waals surface area (Å²) < 4.78 is 11.2. The lowest BCUT2D eigenvalue weighted by atomic mass is 9.82. The van der Waals surface area contributed by atoms with Crippen molar-refractivity contribution in [3.8, 4) is 23.0 Å². The Hall–Kier alpha value is -3.41. The maximum absolute atomic E-state index is 13.1. The number of allylic oxidation sites excluding steroid dienone is 2. The van der Waals surface area contributed by atoms with Crippen molar-refractivity contribution in [1.82, 2.24) is 0 Å². The van der Waals surface area contributed by atoms with Crippen molar-refractivity contribution in [3.05, 3.63) is 58.3 Å². The summed E-state index contributed by atoms with van der Waals surface area (Å²) in [5, 5.41) is 31.8. The van der Waals surface area contributed by atoms with Crippen LogP contribution in [0.3, 0.4) is 0 Å². The van der Waals surface area contributed by atoms with Gasteiger partial charge in [0.2, 0.25) is 11.2 Å². The van der Waals surface area contributed by atoms with Gasteiger partial charge in [0, 0.05) is 17.0 Å². The van der Waals surface area contributed by atoms with E-state index in [9.17, 15) is 20.1 Å². The summed E-state index contributed by atoms with van der Waals surface area (Å²) in [6, 6.07) is 4.21. The third-order valence-electron chi connectivity index (χ3n) is 4.91. The third kappa shape index (κ3) is 3.42. The second-order valence-electron chi connectivity index (χ2n) is 7.73. The Bertz CT molecular complexity index is 1210. The zero-order valence-corrected chi connectivity index (χ0v) is 16.9. The average molecular weight is 396 g/mol. The zero-order chi connectivity index (χ0) is 21.5. The first-order valence-electron chi connectivity index (χ1n) is 9.16. The second kappa shape index (κ2) is 7.20. The van der Waals surface area contributed by atoms with Gasteiger partial charge in [0.1, 0.15) is 29.1 Å². The first-order chi connectivity index (χ1) is 13.6. The standard InChI is InChI=1S/C23H24O6/c1-6-23(4,5)18-14(24)11-16-17(21(18)27)19(25)13-7-8-15(20(26)22(13)29-16)28-10-9-12(2)3/h6-9,11,24,26-27H,1,10H2,2-5H3. The molecule has 0 aliphatic heterocycles. The summed E-state index contributed by atoms with van der Waals surface area (Å²) >= 11 is 0. The molecule has 3 N–H and O–H groups in total. The van der Waals surface area contributed by atoms with Crippen LogP contribution >= 0.6 is 0 Å². The van der Waals surface area contributed by atoms with Crippen LogP contribution in [0.2, 0.25) is 0 Å². The van der Waals surface area contributed by atoms with Crippen LogP contribution in [-0.4, -0.2) is 21.9 Å². The molecular formula is C23H24O6. The molecule has 0 aliphatic rings. The maximum atomic E-state index is 13.1. The topological polar surface area (TPSA) is 100 Å². The van der Waals surface area contributed by atoms with Crippen molar-refractivity contribution in [2.24, 2.45) is 0 Å². The third-order valence-corrected chi connectivity index (χ3v) is 4.91. The number of rotatable bonds is 5. The van der Waals surface area contributed by atoms with Gasteiger partial charge in [0.05, 0.1) is 5.39 Å². The van der Waals surface area contributed by atoms with Crippen molar-refractivity contribution in [1.29, 1.82) is 0 Å². The molecular weight excluding hydrogens is 372 g/mol. The molecule has 6 nitrogen and oxygen atoms in total. The van der Waals surface area contributed by atoms with Crippen LogP contribution in [0.4, 0.5) is 0 Å². The highest BCUT2D eigenvalue weighted by molar-refractivity contribution is 5.97. The molecule has 1 aromatic heterocycles. The number of fused-ring (bicyclic) bond motifs is 2. The van der Waals surface area contributed by atoms with Gasteiger partial charge in [0.25, 0.3) is 0 Å². The minimum Gasteiger partial charge on any atom is -0.507 e. The lowest BCUT2D eigenvalue weighted by Crippen LogP contribution is -2.15. The molecule has 0 radical (unpaired) electrons. The highest BCUT2D eigenvalue weighted by Crippen LogP contribution is 2.44. The van der Waals surface area contributed by atoms with E-state index >= 15 is 0 Å². The quantitative estimate of drug-likeness (QED) is 0.420. The number of hydrogen-bond acceptors (Lipinski definition) is 6. The summed E-state index contributed by atoms with van der Waals surface area (Å²) in [5.74, 6) is -0.768. The van der Waals surface area contributed by atoms with Crippen LogP contribution in [0.25, 0.3) is 21.9 Å². The number of phenols is 3. The Morgan fingerprint density at radius 2 is 1.90 bits per heavy atom. The maximum Gasteiger partial charge on any atom is 0.204 e. The fourth-order valence-corrected chi connectivity index (χ4v) is 3.16. The van der Waals surface area contributed by atoms with Crippen LogP contribution in [0.15, 0.2) is 51.7 Å². The molecule has 0 fully saturated rings. The molecule has 0 aliphatic carbocycles. The molecule has 2 aromatic carbocycles. The first kappa shape index (κ1) is 20.3. The monoisotopic (exact) mass is 396 g/mol. The highest BCUT2D eigenvalue weighted by atomic mass is 16.5. The van der Waals surface area contributed by atoms with Crippen LogP contribution in [-0.2, 0) is 5.41 Å². The predicted octanol–water partition coefficient (Wildman–Crippen LogP) is 4.87. The zero-order valence-electron chi connectivity index (χ0n) is 16.9. The van der Waals surface area contributed by atoms with Gasteiger partial charge in [0.15, 0.2) is 11.3 Å². The number of ether oxygens (including phenoxy) is 1. The van der Waals surface area contributed by atoms with Gasteiger partial charge in [-0.15, -0.1) is 6.58 Å². The van der Waals surface area contributed by atoms with Gasteiger partial charge in [-0.3, -0.25) is 4.79 Å². The van der Waals surface area contributed by atoms with Crippen LogP contribution < -0.4 is 10.2 Å². The summed E-state index contributed by atoms with van der Waals surface area (Å²) in [6.45, 7) is 11.3. The lowest BCUT2D eigenvalue weighted by Gasteiger charge is -2.23. The van der Waals surface area contributed by atoms with E-state index in [4.69, 9.17) is 9.15 Å². The van der Waals surface area contributed by atoms with E-state index in [-0.39, 0.29) is 57.1 Å². The Morgan fingerprint density at radius 3 is 2.52 bits per heavy atom. The largest absolute Gasteiger partial charge is 0.507 e. The van der Waals surface area contributed by atoms with Crippen molar-refractivity contribution in [2.45, 2.75) is 33.1 Å². The number of benzene rings is 2. The van der Waals surface area contributed by atoms with Crippen molar-refractivity contribution in [2.75, 3.05) is 6.61 Å². The summed E-state index contributed by atoms with van der Waals surface area (Å²) in [7, 11) is 0. The Kier molecular flexibility index (Phi) is 5.05. The van der Waals surface area contributed by atoms with E-state index in [0.29, 0.717) is 0 Å². The second-order valence-corrected chi connectivity index (χ2v) is 7.73. The SMILES string of the molecule is C=CC(C)(C)c1c(O)cc2oc3c(O)c(OCC=C(C)C)ccc3c(=O)c2c1O. The van der Waals surface area contributed by atoms with E-state index in [0.717, 1.165) is 5.57 Å². The molecule has 29 heavy (non-hydrogen) atoms. The molecule has 0 saturated heterocycles. The average Bonchev–Trinajstić information content (AvgIpc) is 2.63. The minimum atomic E-state index is -0.783. The van der Waals surface area contributed by atoms with E-state index < -0.39 is 10.8 Å². The van der Waals surface area contributed by atoms with Crippen LogP contribution in [0.1, 0.15) is 33.3 Å². The van der Waals surface area contributed by atoms with E-state index in [1.54, 1.807) is 19.9 Å². The molecule has 1 heterocycles. The molecule has 0 spiro atoms. The molecule has 0 amide bonds. The highest BCUT2D eigenvalue weighted by Gasteiger charge is 2.28. The fraction of sp³-hybridized carbons (Fsp3) is 0.261. The molecule has 0 bridgehead atoms. The molecule has 0 saturated carbocycles. The van der Waals surface area contributed by atoms with Gasteiger partial charge < -0.3 is 24.5 Å². The molecule has 6 heteroatoms. The number of hydrogen-bond donors (Lipinski definition) is 3. The molecule has 0 unspecified atom stereocenters. The van der Waals surface area contributed by atoms with Gasteiger partial charge in [-0.1, -0.05) is 25.5 Å². The van der Waals surface area contributed by atoms with Gasteiger partial charge in [-0.2, -0.15) is 0 Å².